The molecule has 0 radical (unpaired) electrons. The largest absolute Gasteiger partial charge is 0.497 e. The van der Waals surface area contributed by atoms with Crippen molar-refractivity contribution in [3.8, 4) is 5.75 Å². The Balaban J connectivity index is 2.03. The highest BCUT2D eigenvalue weighted by molar-refractivity contribution is 5.28. The Bertz CT molecular complexity index is 464. The maximum Gasteiger partial charge on any atom is 0.151 e. The van der Waals surface area contributed by atoms with Gasteiger partial charge in [-0.25, -0.2) is 4.98 Å². The van der Waals surface area contributed by atoms with E-state index in [9.17, 15) is 0 Å². The van der Waals surface area contributed by atoms with Gasteiger partial charge in [0, 0.05) is 12.8 Å². The molecule has 0 spiro atoms. The lowest BCUT2D eigenvalue weighted by Gasteiger charge is -2.01. The Morgan fingerprint density at radius 2 is 2.06 bits per heavy atom. The van der Waals surface area contributed by atoms with Gasteiger partial charge in [0.1, 0.15) is 11.6 Å². The second-order valence-corrected chi connectivity index (χ2v) is 3.76. The van der Waals surface area contributed by atoms with Gasteiger partial charge in [-0.1, -0.05) is 12.1 Å². The average molecular weight is 232 g/mol. The van der Waals surface area contributed by atoms with Crippen LogP contribution in [-0.4, -0.2) is 28.8 Å². The standard InChI is InChI=1S/C12H16N4O/c1-17-10-4-2-9(3-5-10)8-12-14-11(6-7-13)15-16-12/h2-5H,6-8,13H2,1H3,(H,14,15,16). The summed E-state index contributed by atoms with van der Waals surface area (Å²) in [6.45, 7) is 0.569. The fourth-order valence-electron chi connectivity index (χ4n) is 1.59. The zero-order valence-corrected chi connectivity index (χ0v) is 9.81. The molecule has 3 N–H and O–H groups in total. The number of nitrogens with two attached hydrogens (primary N) is 1. The van der Waals surface area contributed by atoms with Crippen molar-refractivity contribution in [2.24, 2.45) is 5.73 Å². The molecule has 0 unspecified atom stereocenters. The van der Waals surface area contributed by atoms with Crippen molar-refractivity contribution in [3.63, 3.8) is 0 Å². The van der Waals surface area contributed by atoms with E-state index in [4.69, 9.17) is 10.5 Å². The summed E-state index contributed by atoms with van der Waals surface area (Å²) in [6, 6.07) is 7.91. The van der Waals surface area contributed by atoms with Crippen LogP contribution in [0.2, 0.25) is 0 Å². The maximum absolute atomic E-state index is 5.45. The number of hydrogen-bond acceptors (Lipinski definition) is 4. The summed E-state index contributed by atoms with van der Waals surface area (Å²) < 4.78 is 5.11. The molecule has 0 aliphatic carbocycles. The van der Waals surface area contributed by atoms with Crippen molar-refractivity contribution in [2.45, 2.75) is 12.8 Å². The van der Waals surface area contributed by atoms with Gasteiger partial charge >= 0.3 is 0 Å². The van der Waals surface area contributed by atoms with Crippen LogP contribution in [0.3, 0.4) is 0 Å². The summed E-state index contributed by atoms with van der Waals surface area (Å²) in [7, 11) is 1.66. The van der Waals surface area contributed by atoms with Gasteiger partial charge in [-0.3, -0.25) is 5.10 Å². The van der Waals surface area contributed by atoms with Gasteiger partial charge in [0.2, 0.25) is 0 Å². The third-order valence-corrected chi connectivity index (χ3v) is 2.48. The Kier molecular flexibility index (Phi) is 3.72. The molecule has 2 rings (SSSR count). The number of hydrogen-bond donors (Lipinski definition) is 2. The van der Waals surface area contributed by atoms with E-state index in [1.807, 2.05) is 24.3 Å². The molecule has 1 aromatic heterocycles. The van der Waals surface area contributed by atoms with E-state index < -0.39 is 0 Å². The number of benzene rings is 1. The Labute approximate surface area is 100 Å². The summed E-state index contributed by atoms with van der Waals surface area (Å²) in [5.74, 6) is 2.49. The molecular weight excluding hydrogens is 216 g/mol. The Morgan fingerprint density at radius 1 is 1.29 bits per heavy atom. The number of nitrogens with zero attached hydrogens (tertiary/aromatic N) is 2. The van der Waals surface area contributed by atoms with Gasteiger partial charge in [0.15, 0.2) is 5.82 Å². The number of H-pyrrole nitrogens is 1. The molecule has 0 fully saturated rings. The van der Waals surface area contributed by atoms with Crippen molar-refractivity contribution in [2.75, 3.05) is 13.7 Å². The van der Waals surface area contributed by atoms with E-state index in [0.717, 1.165) is 23.8 Å². The van der Waals surface area contributed by atoms with Crippen LogP contribution in [0.4, 0.5) is 0 Å². The van der Waals surface area contributed by atoms with E-state index in [1.54, 1.807) is 7.11 Å². The van der Waals surface area contributed by atoms with Gasteiger partial charge in [-0.2, -0.15) is 5.10 Å². The summed E-state index contributed by atoms with van der Waals surface area (Å²) in [6.07, 6.45) is 1.45. The normalized spacial score (nSPS) is 10.5. The van der Waals surface area contributed by atoms with E-state index in [2.05, 4.69) is 15.2 Å². The maximum atomic E-state index is 5.45. The summed E-state index contributed by atoms with van der Waals surface area (Å²) in [5, 5.41) is 7.01. The molecule has 0 bridgehead atoms. The molecule has 2 aromatic rings. The highest BCUT2D eigenvalue weighted by atomic mass is 16.5. The second kappa shape index (κ2) is 5.45. The molecule has 1 heterocycles. The average Bonchev–Trinajstić information content (AvgIpc) is 2.78. The first kappa shape index (κ1) is 11.6. The first-order valence-electron chi connectivity index (χ1n) is 5.55. The van der Waals surface area contributed by atoms with E-state index >= 15 is 0 Å². The molecule has 0 aliphatic rings. The second-order valence-electron chi connectivity index (χ2n) is 3.76. The van der Waals surface area contributed by atoms with Crippen molar-refractivity contribution in [1.82, 2.24) is 15.2 Å². The molecule has 0 amide bonds. The SMILES string of the molecule is COc1ccc(Cc2nc(CCN)n[nH]2)cc1. The van der Waals surface area contributed by atoms with Crippen LogP contribution in [0.25, 0.3) is 0 Å². The number of aromatic amines is 1. The van der Waals surface area contributed by atoms with Gasteiger partial charge in [0.05, 0.1) is 7.11 Å². The molecule has 17 heavy (non-hydrogen) atoms. The molecular formula is C12H16N4O. The van der Waals surface area contributed by atoms with Crippen molar-refractivity contribution < 1.29 is 4.74 Å². The Hall–Kier alpha value is -1.88. The highest BCUT2D eigenvalue weighted by Gasteiger charge is 2.03. The number of ether oxygens (including phenoxy) is 1. The third-order valence-electron chi connectivity index (χ3n) is 2.48. The fourth-order valence-corrected chi connectivity index (χ4v) is 1.59. The lowest BCUT2D eigenvalue weighted by atomic mass is 10.1. The molecule has 0 aliphatic heterocycles. The van der Waals surface area contributed by atoms with E-state index in [-0.39, 0.29) is 0 Å². The molecule has 0 saturated carbocycles. The van der Waals surface area contributed by atoms with Crippen LogP contribution >= 0.6 is 0 Å². The quantitative estimate of drug-likeness (QED) is 0.803. The lowest BCUT2D eigenvalue weighted by molar-refractivity contribution is 0.414. The first-order valence-corrected chi connectivity index (χ1v) is 5.55. The van der Waals surface area contributed by atoms with Crippen molar-refractivity contribution in [1.29, 1.82) is 0 Å². The molecule has 90 valence electrons. The highest BCUT2D eigenvalue weighted by Crippen LogP contribution is 2.13. The van der Waals surface area contributed by atoms with Crippen LogP contribution in [0.15, 0.2) is 24.3 Å². The first-order chi connectivity index (χ1) is 8.31. The molecule has 0 saturated heterocycles. The number of aromatic nitrogens is 3. The zero-order chi connectivity index (χ0) is 12.1. The summed E-state index contributed by atoms with van der Waals surface area (Å²) >= 11 is 0. The third kappa shape index (κ3) is 3.04. The molecule has 5 heteroatoms. The number of nitrogens with one attached hydrogen (secondary N) is 1. The topological polar surface area (TPSA) is 76.8 Å². The minimum atomic E-state index is 0.569. The van der Waals surface area contributed by atoms with E-state index in [1.165, 1.54) is 5.56 Å². The van der Waals surface area contributed by atoms with Gasteiger partial charge in [0.25, 0.3) is 0 Å². The van der Waals surface area contributed by atoms with Gasteiger partial charge in [-0.05, 0) is 24.2 Å². The summed E-state index contributed by atoms with van der Waals surface area (Å²) in [4.78, 5) is 4.36. The van der Waals surface area contributed by atoms with Crippen LogP contribution < -0.4 is 10.5 Å². The van der Waals surface area contributed by atoms with Crippen molar-refractivity contribution >= 4 is 0 Å². The van der Waals surface area contributed by atoms with E-state index in [0.29, 0.717) is 13.0 Å². The van der Waals surface area contributed by atoms with Crippen LogP contribution in [-0.2, 0) is 12.8 Å². The predicted octanol–water partition coefficient (Wildman–Crippen LogP) is 0.905. The van der Waals surface area contributed by atoms with Crippen LogP contribution in [0.5, 0.6) is 5.75 Å². The van der Waals surface area contributed by atoms with Crippen LogP contribution in [0, 0.1) is 0 Å². The van der Waals surface area contributed by atoms with Crippen molar-refractivity contribution in [3.05, 3.63) is 41.5 Å². The molecule has 1 aromatic carbocycles. The monoisotopic (exact) mass is 232 g/mol. The minimum Gasteiger partial charge on any atom is -0.497 e. The predicted molar refractivity (Wildman–Crippen MR) is 64.9 cm³/mol. The molecule has 5 nitrogen and oxygen atoms in total. The Morgan fingerprint density at radius 3 is 2.71 bits per heavy atom. The zero-order valence-electron chi connectivity index (χ0n) is 9.81. The van der Waals surface area contributed by atoms with Gasteiger partial charge < -0.3 is 10.5 Å². The number of methoxy groups -OCH3 is 1. The molecule has 0 atom stereocenters. The minimum absolute atomic E-state index is 0.569. The fraction of sp³-hybridized carbons (Fsp3) is 0.333. The van der Waals surface area contributed by atoms with Crippen LogP contribution in [0.1, 0.15) is 17.2 Å². The number of rotatable bonds is 5. The smallest absolute Gasteiger partial charge is 0.151 e. The lowest BCUT2D eigenvalue weighted by Crippen LogP contribution is -2.04. The summed E-state index contributed by atoms with van der Waals surface area (Å²) in [5.41, 5.74) is 6.61. The van der Waals surface area contributed by atoms with Gasteiger partial charge in [-0.15, -0.1) is 0 Å².